The summed E-state index contributed by atoms with van der Waals surface area (Å²) in [5, 5.41) is 0. The van der Waals surface area contributed by atoms with Crippen molar-refractivity contribution < 1.29 is 22.6 Å². The van der Waals surface area contributed by atoms with Crippen LogP contribution in [-0.2, 0) is 10.9 Å². The predicted molar refractivity (Wildman–Crippen MR) is 54.0 cm³/mol. The molecule has 5 heteroatoms. The molecule has 0 heterocycles. The fourth-order valence-electron chi connectivity index (χ4n) is 1.28. The van der Waals surface area contributed by atoms with E-state index in [2.05, 4.69) is 4.74 Å². The normalized spacial score (nSPS) is 11.8. The van der Waals surface area contributed by atoms with E-state index in [1.165, 1.54) is 38.7 Å². The third-order valence-electron chi connectivity index (χ3n) is 1.94. The number of hydrogen-bond donors (Lipinski definition) is 0. The lowest BCUT2D eigenvalue weighted by Crippen LogP contribution is -2.08. The van der Waals surface area contributed by atoms with Crippen LogP contribution in [-0.4, -0.2) is 14.2 Å². The topological polar surface area (TPSA) is 18.5 Å². The summed E-state index contributed by atoms with van der Waals surface area (Å²) in [7, 11) is 2.62. The largest absolute Gasteiger partial charge is 0.504 e. The van der Waals surface area contributed by atoms with Crippen LogP contribution in [0.15, 0.2) is 24.5 Å². The van der Waals surface area contributed by atoms with E-state index < -0.39 is 11.7 Å². The number of halogens is 3. The molecule has 2 nitrogen and oxygen atoms in total. The zero-order valence-electron chi connectivity index (χ0n) is 8.84. The molecular formula is C11H11F3O2. The van der Waals surface area contributed by atoms with Gasteiger partial charge in [0.1, 0.15) is 5.75 Å². The number of para-hydroxylation sites is 1. The van der Waals surface area contributed by atoms with Crippen LogP contribution in [0.3, 0.4) is 0 Å². The van der Waals surface area contributed by atoms with E-state index >= 15 is 0 Å². The Labute approximate surface area is 91.3 Å². The van der Waals surface area contributed by atoms with E-state index in [1.807, 2.05) is 0 Å². The fourth-order valence-corrected chi connectivity index (χ4v) is 1.28. The van der Waals surface area contributed by atoms with Crippen molar-refractivity contribution in [1.29, 1.82) is 0 Å². The quantitative estimate of drug-likeness (QED) is 0.744. The van der Waals surface area contributed by atoms with Gasteiger partial charge in [-0.15, -0.1) is 0 Å². The molecule has 0 amide bonds. The van der Waals surface area contributed by atoms with Crippen molar-refractivity contribution in [1.82, 2.24) is 0 Å². The number of hydrogen-bond acceptors (Lipinski definition) is 2. The van der Waals surface area contributed by atoms with Crippen molar-refractivity contribution in [2.75, 3.05) is 14.2 Å². The van der Waals surface area contributed by atoms with Crippen LogP contribution in [0, 0.1) is 0 Å². The minimum Gasteiger partial charge on any atom is -0.504 e. The molecule has 0 spiro atoms. The molecule has 0 aromatic heterocycles. The van der Waals surface area contributed by atoms with Crippen molar-refractivity contribution in [3.8, 4) is 5.75 Å². The second kappa shape index (κ2) is 4.92. The number of methoxy groups -OCH3 is 2. The van der Waals surface area contributed by atoms with Crippen LogP contribution in [0.1, 0.15) is 11.1 Å². The van der Waals surface area contributed by atoms with Crippen LogP contribution >= 0.6 is 0 Å². The molecular weight excluding hydrogens is 221 g/mol. The molecule has 0 aliphatic heterocycles. The maximum Gasteiger partial charge on any atom is 0.419 e. The van der Waals surface area contributed by atoms with E-state index in [0.717, 1.165) is 6.07 Å². The summed E-state index contributed by atoms with van der Waals surface area (Å²) in [5.41, 5.74) is -0.479. The Morgan fingerprint density at radius 1 is 1.19 bits per heavy atom. The average Bonchev–Trinajstić information content (AvgIpc) is 2.24. The lowest BCUT2D eigenvalue weighted by Gasteiger charge is -2.13. The van der Waals surface area contributed by atoms with Crippen molar-refractivity contribution in [2.45, 2.75) is 6.18 Å². The van der Waals surface area contributed by atoms with Crippen molar-refractivity contribution in [3.05, 3.63) is 35.6 Å². The lowest BCUT2D eigenvalue weighted by atomic mass is 10.1. The molecule has 0 saturated carbocycles. The van der Waals surface area contributed by atoms with Gasteiger partial charge in [0.05, 0.1) is 26.0 Å². The molecule has 0 radical (unpaired) electrons. The monoisotopic (exact) mass is 232 g/mol. The van der Waals surface area contributed by atoms with E-state index in [1.54, 1.807) is 0 Å². The minimum absolute atomic E-state index is 0.205. The first kappa shape index (κ1) is 12.4. The lowest BCUT2D eigenvalue weighted by molar-refractivity contribution is -0.138. The SMILES string of the molecule is CO/C=C/c1cccc(C(F)(F)F)c1OC. The minimum atomic E-state index is -4.43. The van der Waals surface area contributed by atoms with E-state index in [-0.39, 0.29) is 5.75 Å². The zero-order valence-corrected chi connectivity index (χ0v) is 8.84. The smallest absolute Gasteiger partial charge is 0.419 e. The van der Waals surface area contributed by atoms with Crippen LogP contribution in [0.25, 0.3) is 6.08 Å². The molecule has 0 N–H and O–H groups in total. The summed E-state index contributed by atoms with van der Waals surface area (Å²) in [6, 6.07) is 3.81. The predicted octanol–water partition coefficient (Wildman–Crippen LogP) is 3.33. The van der Waals surface area contributed by atoms with Crippen LogP contribution in [0.5, 0.6) is 5.75 Å². The van der Waals surface area contributed by atoms with Gasteiger partial charge >= 0.3 is 6.18 Å². The number of rotatable bonds is 3. The van der Waals surface area contributed by atoms with Gasteiger partial charge in [-0.3, -0.25) is 0 Å². The van der Waals surface area contributed by atoms with Gasteiger partial charge in [0.15, 0.2) is 0 Å². The van der Waals surface area contributed by atoms with Gasteiger partial charge in [0.2, 0.25) is 0 Å². The van der Waals surface area contributed by atoms with E-state index in [9.17, 15) is 13.2 Å². The Balaban J connectivity index is 3.26. The van der Waals surface area contributed by atoms with Gasteiger partial charge in [-0.25, -0.2) is 0 Å². The van der Waals surface area contributed by atoms with Gasteiger partial charge in [-0.2, -0.15) is 13.2 Å². The molecule has 1 aromatic rings. The molecule has 0 saturated heterocycles. The highest BCUT2D eigenvalue weighted by Gasteiger charge is 2.34. The maximum atomic E-state index is 12.6. The summed E-state index contributed by atoms with van der Waals surface area (Å²) >= 11 is 0. The van der Waals surface area contributed by atoms with E-state index in [0.29, 0.717) is 5.56 Å². The second-order valence-corrected chi connectivity index (χ2v) is 2.96. The number of benzene rings is 1. The molecule has 1 rings (SSSR count). The zero-order chi connectivity index (χ0) is 12.2. The summed E-state index contributed by atoms with van der Waals surface area (Å²) in [6.07, 6.45) is -1.73. The van der Waals surface area contributed by atoms with Gasteiger partial charge < -0.3 is 9.47 Å². The third kappa shape index (κ3) is 2.68. The first-order chi connectivity index (χ1) is 7.50. The van der Waals surface area contributed by atoms with Crippen LogP contribution in [0.4, 0.5) is 13.2 Å². The average molecular weight is 232 g/mol. The van der Waals surface area contributed by atoms with Crippen LogP contribution in [0.2, 0.25) is 0 Å². The van der Waals surface area contributed by atoms with E-state index in [4.69, 9.17) is 4.74 Å². The fraction of sp³-hybridized carbons (Fsp3) is 0.273. The number of alkyl halides is 3. The number of ether oxygens (including phenoxy) is 2. The highest BCUT2D eigenvalue weighted by Crippen LogP contribution is 2.38. The molecule has 0 bridgehead atoms. The Morgan fingerprint density at radius 2 is 1.88 bits per heavy atom. The first-order valence-corrected chi connectivity index (χ1v) is 4.44. The Hall–Kier alpha value is -1.65. The molecule has 0 aliphatic carbocycles. The second-order valence-electron chi connectivity index (χ2n) is 2.96. The highest BCUT2D eigenvalue weighted by atomic mass is 19.4. The van der Waals surface area contributed by atoms with Gasteiger partial charge in [-0.1, -0.05) is 12.1 Å². The first-order valence-electron chi connectivity index (χ1n) is 4.44. The van der Waals surface area contributed by atoms with Crippen molar-refractivity contribution in [2.24, 2.45) is 0 Å². The maximum absolute atomic E-state index is 12.6. The Bertz CT molecular complexity index is 383. The highest BCUT2D eigenvalue weighted by molar-refractivity contribution is 5.60. The Morgan fingerprint density at radius 3 is 2.38 bits per heavy atom. The van der Waals surface area contributed by atoms with Gasteiger partial charge in [0, 0.05) is 5.56 Å². The van der Waals surface area contributed by atoms with Crippen LogP contribution < -0.4 is 4.74 Å². The summed E-state index contributed by atoms with van der Waals surface area (Å²) in [5.74, 6) is -0.205. The molecule has 0 atom stereocenters. The molecule has 0 unspecified atom stereocenters. The van der Waals surface area contributed by atoms with Crippen molar-refractivity contribution in [3.63, 3.8) is 0 Å². The molecule has 1 aromatic carbocycles. The molecule has 0 aliphatic rings. The standard InChI is InChI=1S/C11H11F3O2/c1-15-7-6-8-4-3-5-9(10(8)16-2)11(12,13)14/h3-7H,1-2H3/b7-6+. The van der Waals surface area contributed by atoms with Gasteiger partial charge in [0.25, 0.3) is 0 Å². The summed E-state index contributed by atoms with van der Waals surface area (Å²) < 4.78 is 47.2. The molecule has 0 fully saturated rings. The van der Waals surface area contributed by atoms with Crippen molar-refractivity contribution >= 4 is 6.08 Å². The molecule has 88 valence electrons. The molecule has 16 heavy (non-hydrogen) atoms. The Kier molecular flexibility index (Phi) is 3.82. The summed E-state index contributed by atoms with van der Waals surface area (Å²) in [4.78, 5) is 0. The summed E-state index contributed by atoms with van der Waals surface area (Å²) in [6.45, 7) is 0. The van der Waals surface area contributed by atoms with Gasteiger partial charge in [-0.05, 0) is 12.1 Å². The third-order valence-corrected chi connectivity index (χ3v) is 1.94.